The maximum atomic E-state index is 9.58. The summed E-state index contributed by atoms with van der Waals surface area (Å²) < 4.78 is 11.1. The van der Waals surface area contributed by atoms with Crippen LogP contribution in [-0.4, -0.2) is 24.9 Å². The molecule has 0 saturated heterocycles. The average Bonchev–Trinajstić information content (AvgIpc) is 2.83. The Kier molecular flexibility index (Phi) is 19.7. The van der Waals surface area contributed by atoms with E-state index in [1.807, 2.05) is 24.3 Å². The molecule has 1 aromatic rings. The molecule has 0 aliphatic rings. The highest BCUT2D eigenvalue weighted by atomic mass is 16.5. The molecule has 3 nitrogen and oxygen atoms in total. The molecule has 1 aromatic carbocycles. The van der Waals surface area contributed by atoms with Gasteiger partial charge in [0.15, 0.2) is 0 Å². The summed E-state index contributed by atoms with van der Waals surface area (Å²) in [7, 11) is 1.67. The van der Waals surface area contributed by atoms with E-state index in [1.54, 1.807) is 7.11 Å². The molecule has 0 aromatic heterocycles. The van der Waals surface area contributed by atoms with Crippen LogP contribution in [0.15, 0.2) is 24.3 Å². The van der Waals surface area contributed by atoms with Crippen LogP contribution in [0.4, 0.5) is 0 Å². The molecule has 0 amide bonds. The van der Waals surface area contributed by atoms with Gasteiger partial charge >= 0.3 is 0 Å². The Balaban J connectivity index is 1.85. The van der Waals surface area contributed by atoms with Crippen molar-refractivity contribution in [2.45, 2.75) is 135 Å². The third-order valence-corrected chi connectivity index (χ3v) is 6.48. The first-order valence-corrected chi connectivity index (χ1v) is 13.7. The molecule has 0 aliphatic heterocycles. The second-order valence-electron chi connectivity index (χ2n) is 9.41. The number of methoxy groups -OCH3 is 1. The summed E-state index contributed by atoms with van der Waals surface area (Å²) in [5, 5.41) is 9.58. The van der Waals surface area contributed by atoms with Crippen LogP contribution in [0.2, 0.25) is 0 Å². The number of aliphatic hydroxyl groups is 1. The van der Waals surface area contributed by atoms with Gasteiger partial charge in [-0.25, -0.2) is 0 Å². The molecule has 0 heterocycles. The predicted octanol–water partition coefficient (Wildman–Crippen LogP) is 8.61. The lowest BCUT2D eigenvalue weighted by Gasteiger charge is -2.15. The highest BCUT2D eigenvalue weighted by Crippen LogP contribution is 2.16. The maximum absolute atomic E-state index is 9.58. The van der Waals surface area contributed by atoms with Gasteiger partial charge in [-0.05, 0) is 24.1 Å². The van der Waals surface area contributed by atoms with Gasteiger partial charge in [0.05, 0.1) is 26.4 Å². The third-order valence-electron chi connectivity index (χ3n) is 6.48. The zero-order chi connectivity index (χ0) is 23.1. The van der Waals surface area contributed by atoms with Crippen molar-refractivity contribution in [3.8, 4) is 5.75 Å². The summed E-state index contributed by atoms with van der Waals surface area (Å²) >= 11 is 0. The Labute approximate surface area is 199 Å². The zero-order valence-electron chi connectivity index (χ0n) is 21.3. The van der Waals surface area contributed by atoms with Crippen molar-refractivity contribution in [1.29, 1.82) is 0 Å². The highest BCUT2D eigenvalue weighted by Gasteiger charge is 2.08. The Bertz CT molecular complexity index is 500. The van der Waals surface area contributed by atoms with Crippen LogP contribution in [-0.2, 0) is 11.3 Å². The number of aliphatic hydroxyl groups excluding tert-OH is 1. The van der Waals surface area contributed by atoms with E-state index in [-0.39, 0.29) is 12.7 Å². The molecule has 3 heteroatoms. The normalized spacial score (nSPS) is 12.2. The van der Waals surface area contributed by atoms with Crippen molar-refractivity contribution >= 4 is 0 Å². The lowest BCUT2D eigenvalue weighted by Crippen LogP contribution is -2.17. The summed E-state index contributed by atoms with van der Waals surface area (Å²) in [6.07, 6.45) is 24.5. The van der Waals surface area contributed by atoms with Gasteiger partial charge in [-0.3, -0.25) is 0 Å². The maximum Gasteiger partial charge on any atom is 0.118 e. The van der Waals surface area contributed by atoms with Gasteiger partial charge in [-0.15, -0.1) is 0 Å². The number of hydrogen-bond acceptors (Lipinski definition) is 3. The zero-order valence-corrected chi connectivity index (χ0v) is 21.3. The SMILES string of the molecule is CCCCCCCCCCCCCCCCCCCC(CO)OCc1ccc(OC)cc1. The van der Waals surface area contributed by atoms with Crippen LogP contribution < -0.4 is 4.74 Å². The number of hydrogen-bond donors (Lipinski definition) is 1. The molecular weight excluding hydrogens is 396 g/mol. The third kappa shape index (κ3) is 16.6. The van der Waals surface area contributed by atoms with Crippen LogP contribution in [0.3, 0.4) is 0 Å². The van der Waals surface area contributed by atoms with E-state index < -0.39 is 0 Å². The van der Waals surface area contributed by atoms with Crippen molar-refractivity contribution in [3.63, 3.8) is 0 Å². The Morgan fingerprint density at radius 1 is 0.656 bits per heavy atom. The van der Waals surface area contributed by atoms with Gasteiger partial charge in [0.2, 0.25) is 0 Å². The molecule has 1 rings (SSSR count). The lowest BCUT2D eigenvalue weighted by molar-refractivity contribution is -0.00349. The highest BCUT2D eigenvalue weighted by molar-refractivity contribution is 5.26. The van der Waals surface area contributed by atoms with E-state index in [0.29, 0.717) is 6.61 Å². The minimum absolute atomic E-state index is 0.0477. The Morgan fingerprint density at radius 2 is 1.09 bits per heavy atom. The molecule has 1 N–H and O–H groups in total. The van der Waals surface area contributed by atoms with Gasteiger partial charge in [-0.2, -0.15) is 0 Å². The van der Waals surface area contributed by atoms with E-state index >= 15 is 0 Å². The van der Waals surface area contributed by atoms with Gasteiger partial charge in [0, 0.05) is 0 Å². The van der Waals surface area contributed by atoms with Crippen molar-refractivity contribution in [3.05, 3.63) is 29.8 Å². The molecule has 32 heavy (non-hydrogen) atoms. The van der Waals surface area contributed by atoms with Gasteiger partial charge in [0.1, 0.15) is 5.75 Å². The lowest BCUT2D eigenvalue weighted by atomic mass is 10.0. The van der Waals surface area contributed by atoms with E-state index in [0.717, 1.165) is 24.2 Å². The molecular formula is C29H52O3. The van der Waals surface area contributed by atoms with Crippen molar-refractivity contribution in [1.82, 2.24) is 0 Å². The summed E-state index contributed by atoms with van der Waals surface area (Å²) in [5.41, 5.74) is 1.12. The van der Waals surface area contributed by atoms with Gasteiger partial charge < -0.3 is 14.6 Å². The standard InChI is InChI=1S/C29H52O3/c1-3-4-5-6-7-8-9-10-11-12-13-14-15-16-17-18-19-20-29(25-30)32-26-27-21-23-28(31-2)24-22-27/h21-24,29-30H,3-20,25-26H2,1-2H3. The second-order valence-corrected chi connectivity index (χ2v) is 9.41. The van der Waals surface area contributed by atoms with Crippen LogP contribution in [0, 0.1) is 0 Å². The summed E-state index contributed by atoms with van der Waals surface area (Å²) in [4.78, 5) is 0. The molecule has 1 atom stereocenters. The number of ether oxygens (including phenoxy) is 2. The molecule has 0 spiro atoms. The van der Waals surface area contributed by atoms with E-state index in [1.165, 1.54) is 103 Å². The first-order chi connectivity index (χ1) is 15.8. The predicted molar refractivity (Wildman–Crippen MR) is 137 cm³/mol. The van der Waals surface area contributed by atoms with Crippen LogP contribution in [0.5, 0.6) is 5.75 Å². The number of rotatable bonds is 23. The van der Waals surface area contributed by atoms with E-state index in [2.05, 4.69) is 6.92 Å². The molecule has 1 unspecified atom stereocenters. The van der Waals surface area contributed by atoms with Crippen LogP contribution >= 0.6 is 0 Å². The van der Waals surface area contributed by atoms with Gasteiger partial charge in [0.25, 0.3) is 0 Å². The number of unbranched alkanes of at least 4 members (excludes halogenated alkanes) is 16. The van der Waals surface area contributed by atoms with Crippen molar-refractivity contribution in [2.75, 3.05) is 13.7 Å². The first-order valence-electron chi connectivity index (χ1n) is 13.7. The molecule has 186 valence electrons. The molecule has 0 aliphatic carbocycles. The average molecular weight is 449 g/mol. The monoisotopic (exact) mass is 448 g/mol. The van der Waals surface area contributed by atoms with Crippen molar-refractivity contribution in [2.24, 2.45) is 0 Å². The van der Waals surface area contributed by atoms with Crippen LogP contribution in [0.1, 0.15) is 128 Å². The quantitative estimate of drug-likeness (QED) is 0.170. The fourth-order valence-electron chi connectivity index (χ4n) is 4.26. The largest absolute Gasteiger partial charge is 0.497 e. The number of benzene rings is 1. The summed E-state index contributed by atoms with van der Waals surface area (Å²) in [6, 6.07) is 7.93. The molecule has 0 fully saturated rings. The summed E-state index contributed by atoms with van der Waals surface area (Å²) in [5.74, 6) is 0.857. The fraction of sp³-hybridized carbons (Fsp3) is 0.793. The smallest absolute Gasteiger partial charge is 0.118 e. The minimum Gasteiger partial charge on any atom is -0.497 e. The Morgan fingerprint density at radius 3 is 1.50 bits per heavy atom. The molecule has 0 bridgehead atoms. The summed E-state index contributed by atoms with van der Waals surface area (Å²) in [6.45, 7) is 2.94. The van der Waals surface area contributed by atoms with E-state index in [9.17, 15) is 5.11 Å². The fourth-order valence-corrected chi connectivity index (χ4v) is 4.26. The molecule has 0 saturated carbocycles. The minimum atomic E-state index is -0.0477. The van der Waals surface area contributed by atoms with Crippen molar-refractivity contribution < 1.29 is 14.6 Å². The van der Waals surface area contributed by atoms with Crippen LogP contribution in [0.25, 0.3) is 0 Å². The topological polar surface area (TPSA) is 38.7 Å². The Hall–Kier alpha value is -1.06. The first kappa shape index (κ1) is 29.0. The second kappa shape index (κ2) is 21.8. The molecule has 0 radical (unpaired) electrons. The van der Waals surface area contributed by atoms with E-state index in [4.69, 9.17) is 9.47 Å². The van der Waals surface area contributed by atoms with Gasteiger partial charge in [-0.1, -0.05) is 128 Å².